The molecule has 3 aromatic heterocycles. The fourth-order valence-electron chi connectivity index (χ4n) is 5.40. The van der Waals surface area contributed by atoms with Gasteiger partial charge >= 0.3 is 5.63 Å². The number of phenolic OH excluding ortho intramolecular Hbond substituents is 2. The van der Waals surface area contributed by atoms with Gasteiger partial charge in [0.25, 0.3) is 0 Å². The molecule has 0 unspecified atom stereocenters. The Labute approximate surface area is 259 Å². The molecule has 0 radical (unpaired) electrons. The number of phenols is 2. The average Bonchev–Trinajstić information content (AvgIpc) is 3.44. The number of halogens is 1. The highest BCUT2D eigenvalue weighted by atomic mass is 127. The fourth-order valence-corrected chi connectivity index (χ4v) is 6.19. The third-order valence-electron chi connectivity index (χ3n) is 7.47. The highest BCUT2D eigenvalue weighted by Gasteiger charge is 2.23. The molecule has 0 saturated heterocycles. The van der Waals surface area contributed by atoms with Crippen molar-refractivity contribution >= 4 is 44.5 Å². The molecule has 0 aliphatic rings. The van der Waals surface area contributed by atoms with Gasteiger partial charge in [0.2, 0.25) is 0 Å². The summed E-state index contributed by atoms with van der Waals surface area (Å²) >= 11 is 2.11. The summed E-state index contributed by atoms with van der Waals surface area (Å²) in [7, 11) is 0. The van der Waals surface area contributed by atoms with Crippen molar-refractivity contribution in [2.24, 2.45) is 0 Å². The van der Waals surface area contributed by atoms with Crippen molar-refractivity contribution in [2.75, 3.05) is 0 Å². The molecule has 0 fully saturated rings. The normalized spacial score (nSPS) is 11.4. The Bertz CT molecular complexity index is 2260. The van der Waals surface area contributed by atoms with Crippen molar-refractivity contribution in [3.8, 4) is 50.8 Å². The Morgan fingerprint density at radius 3 is 2.35 bits per heavy atom. The molecule has 7 aromatic rings. The lowest BCUT2D eigenvalue weighted by Gasteiger charge is -2.13. The molecular formula is C35H24IN3O4. The summed E-state index contributed by atoms with van der Waals surface area (Å²) in [6.07, 6.45) is 1.88. The maximum atomic E-state index is 13.8. The number of hydrogen-bond donors (Lipinski definition) is 2. The van der Waals surface area contributed by atoms with Crippen LogP contribution in [0.15, 0.2) is 106 Å². The SMILES string of the molecule is Cc1cc(I)c(O)c(-c2cc(-c3cn(-c4ccccc4)nc3-c3ccc(O)cc3)c3c(=O)oc4cc(C)ccc4c3n2)c1. The van der Waals surface area contributed by atoms with E-state index in [0.29, 0.717) is 53.5 Å². The minimum Gasteiger partial charge on any atom is -0.508 e. The fraction of sp³-hybridized carbons (Fsp3) is 0.0571. The molecule has 0 saturated carbocycles. The Kier molecular flexibility index (Phi) is 6.50. The number of benzene rings is 4. The van der Waals surface area contributed by atoms with E-state index >= 15 is 0 Å². The number of nitrogens with zero attached hydrogens (tertiary/aromatic N) is 3. The quantitative estimate of drug-likeness (QED) is 0.111. The van der Waals surface area contributed by atoms with Crippen LogP contribution in [0.1, 0.15) is 11.1 Å². The van der Waals surface area contributed by atoms with E-state index in [1.807, 2.05) is 86.8 Å². The molecule has 4 aromatic carbocycles. The van der Waals surface area contributed by atoms with Gasteiger partial charge in [-0.15, -0.1) is 0 Å². The summed E-state index contributed by atoms with van der Waals surface area (Å²) in [6.45, 7) is 3.90. The lowest BCUT2D eigenvalue weighted by atomic mass is 9.95. The smallest absolute Gasteiger partial charge is 0.346 e. The van der Waals surface area contributed by atoms with Crippen LogP contribution in [-0.4, -0.2) is 25.0 Å². The molecule has 0 amide bonds. The van der Waals surface area contributed by atoms with Crippen molar-refractivity contribution in [1.29, 1.82) is 0 Å². The molecule has 2 N–H and O–H groups in total. The topological polar surface area (TPSA) is 101 Å². The van der Waals surface area contributed by atoms with Crippen molar-refractivity contribution in [3.05, 3.63) is 122 Å². The Hall–Kier alpha value is -4.96. The second-order valence-electron chi connectivity index (χ2n) is 10.5. The van der Waals surface area contributed by atoms with E-state index in [2.05, 4.69) is 22.6 Å². The van der Waals surface area contributed by atoms with Gasteiger partial charge in [-0.1, -0.05) is 24.3 Å². The van der Waals surface area contributed by atoms with E-state index in [1.54, 1.807) is 28.9 Å². The lowest BCUT2D eigenvalue weighted by Crippen LogP contribution is -2.05. The summed E-state index contributed by atoms with van der Waals surface area (Å²) in [5.41, 5.74) is 6.82. The molecule has 43 heavy (non-hydrogen) atoms. The van der Waals surface area contributed by atoms with Crippen LogP contribution in [0.2, 0.25) is 0 Å². The predicted octanol–water partition coefficient (Wildman–Crippen LogP) is 8.16. The molecule has 0 bridgehead atoms. The first-order chi connectivity index (χ1) is 20.8. The van der Waals surface area contributed by atoms with Gasteiger partial charge in [-0.25, -0.2) is 14.5 Å². The zero-order chi connectivity index (χ0) is 29.8. The van der Waals surface area contributed by atoms with E-state index in [4.69, 9.17) is 14.5 Å². The van der Waals surface area contributed by atoms with E-state index in [1.165, 1.54) is 0 Å². The van der Waals surface area contributed by atoms with Gasteiger partial charge in [-0.3, -0.25) is 0 Å². The van der Waals surface area contributed by atoms with Crippen LogP contribution in [-0.2, 0) is 0 Å². The van der Waals surface area contributed by atoms with Crippen molar-refractivity contribution in [2.45, 2.75) is 13.8 Å². The number of pyridine rings is 1. The molecule has 210 valence electrons. The monoisotopic (exact) mass is 677 g/mol. The first-order valence-corrected chi connectivity index (χ1v) is 14.7. The zero-order valence-corrected chi connectivity index (χ0v) is 25.3. The molecule has 7 nitrogen and oxygen atoms in total. The molecule has 3 heterocycles. The van der Waals surface area contributed by atoms with Gasteiger partial charge < -0.3 is 14.6 Å². The standard InChI is InChI=1S/C35H24IN3O4/c1-19-8-13-24-30(16-19)43-35(42)31-25(17-29(37-33(24)31)26-14-20(2)15-28(36)34(26)41)27-18-39(22-6-4-3-5-7-22)38-32(27)21-9-11-23(40)12-10-21/h3-18,40-41H,1-2H3. The van der Waals surface area contributed by atoms with E-state index < -0.39 is 5.63 Å². The minimum atomic E-state index is -0.519. The van der Waals surface area contributed by atoms with Crippen molar-refractivity contribution in [3.63, 3.8) is 0 Å². The molecule has 0 aliphatic carbocycles. The Morgan fingerprint density at radius 2 is 1.58 bits per heavy atom. The summed E-state index contributed by atoms with van der Waals surface area (Å²) in [6, 6.07) is 27.8. The number of aromatic nitrogens is 3. The average molecular weight is 677 g/mol. The van der Waals surface area contributed by atoms with Gasteiger partial charge in [0, 0.05) is 33.8 Å². The third kappa shape index (κ3) is 4.73. The highest BCUT2D eigenvalue weighted by molar-refractivity contribution is 14.1. The summed E-state index contributed by atoms with van der Waals surface area (Å²) < 4.78 is 8.34. The number of hydrogen-bond acceptors (Lipinski definition) is 6. The summed E-state index contributed by atoms with van der Waals surface area (Å²) in [5, 5.41) is 27.1. The maximum absolute atomic E-state index is 13.8. The van der Waals surface area contributed by atoms with Gasteiger partial charge in [0.1, 0.15) is 22.8 Å². The van der Waals surface area contributed by atoms with Crippen LogP contribution >= 0.6 is 22.6 Å². The van der Waals surface area contributed by atoms with Gasteiger partial charge in [0.05, 0.1) is 25.9 Å². The molecule has 8 heteroatoms. The number of fused-ring (bicyclic) bond motifs is 3. The van der Waals surface area contributed by atoms with Crippen LogP contribution in [0.5, 0.6) is 11.5 Å². The number of rotatable bonds is 4. The number of para-hydroxylation sites is 1. The molecular weight excluding hydrogens is 653 g/mol. The van der Waals surface area contributed by atoms with E-state index in [9.17, 15) is 15.0 Å². The third-order valence-corrected chi connectivity index (χ3v) is 8.29. The predicted molar refractivity (Wildman–Crippen MR) is 177 cm³/mol. The molecule has 0 spiro atoms. The van der Waals surface area contributed by atoms with E-state index in [-0.39, 0.29) is 11.5 Å². The first kappa shape index (κ1) is 26.9. The largest absolute Gasteiger partial charge is 0.508 e. The number of aryl methyl sites for hydroxylation is 2. The summed E-state index contributed by atoms with van der Waals surface area (Å²) in [5.74, 6) is 0.252. The maximum Gasteiger partial charge on any atom is 0.346 e. The Morgan fingerprint density at radius 1 is 0.814 bits per heavy atom. The first-order valence-electron chi connectivity index (χ1n) is 13.6. The lowest BCUT2D eigenvalue weighted by molar-refractivity contribution is 0.473. The van der Waals surface area contributed by atoms with Crippen molar-refractivity contribution in [1.82, 2.24) is 14.8 Å². The van der Waals surface area contributed by atoms with Crippen LogP contribution < -0.4 is 5.63 Å². The zero-order valence-electron chi connectivity index (χ0n) is 23.2. The molecule has 0 atom stereocenters. The van der Waals surface area contributed by atoms with Crippen molar-refractivity contribution < 1.29 is 14.6 Å². The Balaban J connectivity index is 1.63. The molecule has 0 aliphatic heterocycles. The van der Waals surface area contributed by atoms with Crippen LogP contribution in [0.25, 0.3) is 61.2 Å². The van der Waals surface area contributed by atoms with Crippen LogP contribution in [0, 0.1) is 17.4 Å². The minimum absolute atomic E-state index is 0.117. The second kappa shape index (κ2) is 10.4. The van der Waals surface area contributed by atoms with Crippen LogP contribution in [0.4, 0.5) is 0 Å². The van der Waals surface area contributed by atoms with Gasteiger partial charge in [0.15, 0.2) is 0 Å². The van der Waals surface area contributed by atoms with Gasteiger partial charge in [-0.2, -0.15) is 5.10 Å². The highest BCUT2D eigenvalue weighted by Crippen LogP contribution is 2.41. The van der Waals surface area contributed by atoms with E-state index in [0.717, 1.165) is 22.4 Å². The molecule has 7 rings (SSSR count). The van der Waals surface area contributed by atoms with Crippen LogP contribution in [0.3, 0.4) is 0 Å². The number of aromatic hydroxyl groups is 2. The summed E-state index contributed by atoms with van der Waals surface area (Å²) in [4.78, 5) is 18.8. The second-order valence-corrected chi connectivity index (χ2v) is 11.7. The van der Waals surface area contributed by atoms with Gasteiger partial charge in [-0.05, 0) is 114 Å².